The Morgan fingerprint density at radius 1 is 0.216 bits per heavy atom. The molecule has 0 aromatic rings. The number of unbranched alkanes of at least 4 members (excludes halogenated alkanes) is 53. The van der Waals surface area contributed by atoms with Crippen LogP contribution >= 0.6 is 0 Å². The number of carbonyl (C=O) groups is 3. The summed E-state index contributed by atoms with van der Waals surface area (Å²) in [6.45, 7) is 6.70. The van der Waals surface area contributed by atoms with E-state index < -0.39 is 6.10 Å². The van der Waals surface area contributed by atoms with Crippen LogP contribution in [0.4, 0.5) is 0 Å². The number of hydrogen-bond donors (Lipinski definition) is 0. The van der Waals surface area contributed by atoms with E-state index in [4.69, 9.17) is 14.2 Å². The lowest BCUT2D eigenvalue weighted by molar-refractivity contribution is -0.167. The van der Waals surface area contributed by atoms with Gasteiger partial charge in [0.1, 0.15) is 13.2 Å². The molecule has 0 fully saturated rings. The molecule has 0 saturated heterocycles. The van der Waals surface area contributed by atoms with Crippen LogP contribution in [0.15, 0.2) is 0 Å². The van der Waals surface area contributed by atoms with E-state index in [9.17, 15) is 14.4 Å². The fourth-order valence-corrected chi connectivity index (χ4v) is 10.7. The summed E-state index contributed by atoms with van der Waals surface area (Å²) in [4.78, 5) is 38.2. The second-order valence-electron chi connectivity index (χ2n) is 23.5. The molecule has 0 aliphatic heterocycles. The molecular formula is C68H132O6. The molecule has 0 saturated carbocycles. The fraction of sp³-hybridized carbons (Fsp3) is 0.956. The Bertz CT molecular complexity index is 1110. The third-order valence-electron chi connectivity index (χ3n) is 15.9. The molecule has 0 bridgehead atoms. The lowest BCUT2D eigenvalue weighted by Crippen LogP contribution is -2.30. The number of esters is 3. The van der Waals surface area contributed by atoms with Gasteiger partial charge < -0.3 is 14.2 Å². The number of rotatable bonds is 64. The molecule has 0 rings (SSSR count). The van der Waals surface area contributed by atoms with Crippen LogP contribution in [0.3, 0.4) is 0 Å². The zero-order chi connectivity index (χ0) is 53.6. The maximum absolute atomic E-state index is 12.9. The Labute approximate surface area is 463 Å². The second-order valence-corrected chi connectivity index (χ2v) is 23.5. The molecule has 6 nitrogen and oxygen atoms in total. The van der Waals surface area contributed by atoms with Crippen molar-refractivity contribution in [2.75, 3.05) is 13.2 Å². The largest absolute Gasteiger partial charge is 0.462 e. The van der Waals surface area contributed by atoms with Gasteiger partial charge in [0.05, 0.1) is 0 Å². The number of hydrogen-bond acceptors (Lipinski definition) is 6. The first-order valence-corrected chi connectivity index (χ1v) is 34.0. The van der Waals surface area contributed by atoms with E-state index >= 15 is 0 Å². The van der Waals surface area contributed by atoms with Gasteiger partial charge in [-0.2, -0.15) is 0 Å². The van der Waals surface area contributed by atoms with Crippen LogP contribution < -0.4 is 0 Å². The van der Waals surface area contributed by atoms with E-state index in [-0.39, 0.29) is 31.1 Å². The highest BCUT2D eigenvalue weighted by atomic mass is 16.6. The molecule has 440 valence electrons. The molecule has 1 atom stereocenters. The quantitative estimate of drug-likeness (QED) is 0.0343. The topological polar surface area (TPSA) is 78.9 Å². The highest BCUT2D eigenvalue weighted by molar-refractivity contribution is 5.71. The summed E-state index contributed by atoms with van der Waals surface area (Å²) in [7, 11) is 0. The lowest BCUT2D eigenvalue weighted by atomic mass is 10.0. The Morgan fingerprint density at radius 3 is 0.541 bits per heavy atom. The van der Waals surface area contributed by atoms with E-state index in [1.165, 1.54) is 302 Å². The van der Waals surface area contributed by atoms with Crippen LogP contribution in [0.25, 0.3) is 0 Å². The number of ether oxygens (including phenoxy) is 3. The molecule has 0 radical (unpaired) electrons. The van der Waals surface area contributed by atoms with E-state index in [2.05, 4.69) is 20.8 Å². The number of carbonyl (C=O) groups excluding carboxylic acids is 3. The van der Waals surface area contributed by atoms with Crippen LogP contribution in [0.1, 0.15) is 400 Å². The molecule has 0 aromatic heterocycles. The monoisotopic (exact) mass is 1050 g/mol. The molecule has 6 heteroatoms. The third kappa shape index (κ3) is 61.3. The van der Waals surface area contributed by atoms with Gasteiger partial charge in [-0.1, -0.05) is 361 Å². The van der Waals surface area contributed by atoms with Gasteiger partial charge in [0.15, 0.2) is 6.10 Å². The van der Waals surface area contributed by atoms with Gasteiger partial charge in [-0.05, 0) is 19.3 Å². The summed E-state index contributed by atoms with van der Waals surface area (Å²) in [5.41, 5.74) is 0. The van der Waals surface area contributed by atoms with Gasteiger partial charge in [0.25, 0.3) is 0 Å². The molecule has 0 aliphatic rings. The van der Waals surface area contributed by atoms with Crippen molar-refractivity contribution in [2.45, 2.75) is 406 Å². The summed E-state index contributed by atoms with van der Waals surface area (Å²) >= 11 is 0. The first-order valence-electron chi connectivity index (χ1n) is 34.0. The average molecular weight is 1050 g/mol. The third-order valence-corrected chi connectivity index (χ3v) is 15.9. The SMILES string of the molecule is CCCCCCCCCCCCCCCCCCCCCCCCCCCC(=O)OCC(COC(=O)CCCCCCCCCC)OC(=O)CCCCCCCCCCCCCCCCCCCCCCCCC. The molecular weight excluding hydrogens is 913 g/mol. The van der Waals surface area contributed by atoms with Gasteiger partial charge in [0.2, 0.25) is 0 Å². The fourth-order valence-electron chi connectivity index (χ4n) is 10.7. The first kappa shape index (κ1) is 72.4. The highest BCUT2D eigenvalue weighted by Crippen LogP contribution is 2.19. The normalized spacial score (nSPS) is 11.9. The van der Waals surface area contributed by atoms with Gasteiger partial charge >= 0.3 is 17.9 Å². The molecule has 0 spiro atoms. The van der Waals surface area contributed by atoms with Crippen molar-refractivity contribution in [1.82, 2.24) is 0 Å². The minimum Gasteiger partial charge on any atom is -0.462 e. The zero-order valence-electron chi connectivity index (χ0n) is 50.7. The maximum Gasteiger partial charge on any atom is 0.306 e. The average Bonchev–Trinajstić information content (AvgIpc) is 3.40. The van der Waals surface area contributed by atoms with Crippen molar-refractivity contribution in [1.29, 1.82) is 0 Å². The Kier molecular flexibility index (Phi) is 62.6. The molecule has 0 amide bonds. The van der Waals surface area contributed by atoms with Crippen molar-refractivity contribution in [3.05, 3.63) is 0 Å². The zero-order valence-corrected chi connectivity index (χ0v) is 50.7. The van der Waals surface area contributed by atoms with Crippen LogP contribution in [0.5, 0.6) is 0 Å². The van der Waals surface area contributed by atoms with Crippen LogP contribution in [-0.4, -0.2) is 37.2 Å². The molecule has 1 unspecified atom stereocenters. The lowest BCUT2D eigenvalue weighted by Gasteiger charge is -2.18. The Balaban J connectivity index is 4.06. The van der Waals surface area contributed by atoms with Crippen LogP contribution in [0.2, 0.25) is 0 Å². The maximum atomic E-state index is 12.9. The van der Waals surface area contributed by atoms with Gasteiger partial charge in [-0.15, -0.1) is 0 Å². The predicted molar refractivity (Wildman–Crippen MR) is 321 cm³/mol. The standard InChI is InChI=1S/C68H132O6/c1-4-7-10-13-16-19-21-23-25-27-29-31-33-34-36-37-39-41-43-45-47-49-52-55-58-61-67(70)73-64-65(63-72-66(69)60-57-54-51-18-15-12-9-6-3)74-68(71)62-59-56-53-50-48-46-44-42-40-38-35-32-30-28-26-24-22-20-17-14-11-8-5-2/h65H,4-64H2,1-3H3. The minimum absolute atomic E-state index is 0.0611. The summed E-state index contributed by atoms with van der Waals surface area (Å²) in [6.07, 6.45) is 74.4. The van der Waals surface area contributed by atoms with Crippen LogP contribution in [0, 0.1) is 0 Å². The van der Waals surface area contributed by atoms with Crippen molar-refractivity contribution in [2.24, 2.45) is 0 Å². The van der Waals surface area contributed by atoms with Gasteiger partial charge in [0, 0.05) is 19.3 Å². The van der Waals surface area contributed by atoms with Crippen molar-refractivity contribution in [3.63, 3.8) is 0 Å². The Morgan fingerprint density at radius 2 is 0.365 bits per heavy atom. The molecule has 74 heavy (non-hydrogen) atoms. The molecule has 0 aliphatic carbocycles. The highest BCUT2D eigenvalue weighted by Gasteiger charge is 2.19. The minimum atomic E-state index is -0.762. The summed E-state index contributed by atoms with van der Waals surface area (Å²) in [5.74, 6) is -0.831. The van der Waals surface area contributed by atoms with E-state index in [0.717, 1.165) is 57.8 Å². The van der Waals surface area contributed by atoms with Crippen LogP contribution in [-0.2, 0) is 28.6 Å². The Hall–Kier alpha value is -1.59. The molecule has 0 heterocycles. The molecule has 0 N–H and O–H groups in total. The van der Waals surface area contributed by atoms with Crippen molar-refractivity contribution in [3.8, 4) is 0 Å². The summed E-state index contributed by atoms with van der Waals surface area (Å²) < 4.78 is 16.9. The smallest absolute Gasteiger partial charge is 0.306 e. The van der Waals surface area contributed by atoms with E-state index in [1.807, 2.05) is 0 Å². The van der Waals surface area contributed by atoms with Crippen molar-refractivity contribution < 1.29 is 28.6 Å². The second kappa shape index (κ2) is 63.9. The summed E-state index contributed by atoms with van der Waals surface area (Å²) in [5, 5.41) is 0. The predicted octanol–water partition coefficient (Wildman–Crippen LogP) is 23.1. The van der Waals surface area contributed by atoms with Gasteiger partial charge in [-0.25, -0.2) is 0 Å². The summed E-state index contributed by atoms with van der Waals surface area (Å²) in [6, 6.07) is 0. The van der Waals surface area contributed by atoms with Gasteiger partial charge in [-0.3, -0.25) is 14.4 Å². The first-order chi connectivity index (χ1) is 36.5. The van der Waals surface area contributed by atoms with E-state index in [1.54, 1.807) is 0 Å². The van der Waals surface area contributed by atoms with Crippen molar-refractivity contribution >= 4 is 17.9 Å². The molecule has 0 aromatic carbocycles. The van der Waals surface area contributed by atoms with E-state index in [0.29, 0.717) is 19.3 Å².